The van der Waals surface area contributed by atoms with E-state index in [1.807, 2.05) is 24.3 Å². The molecule has 0 saturated heterocycles. The third-order valence-electron chi connectivity index (χ3n) is 5.58. The van der Waals surface area contributed by atoms with E-state index in [4.69, 9.17) is 0 Å². The van der Waals surface area contributed by atoms with Gasteiger partial charge < -0.3 is 15.5 Å². The van der Waals surface area contributed by atoms with Crippen LogP contribution in [0, 0.1) is 0 Å². The molecule has 0 aliphatic heterocycles. The van der Waals surface area contributed by atoms with Crippen LogP contribution in [-0.2, 0) is 12.0 Å². The van der Waals surface area contributed by atoms with E-state index in [9.17, 15) is 4.79 Å². The van der Waals surface area contributed by atoms with Crippen molar-refractivity contribution < 1.29 is 4.79 Å². The first-order valence-electron chi connectivity index (χ1n) is 9.85. The van der Waals surface area contributed by atoms with E-state index in [0.29, 0.717) is 12.1 Å². The first-order chi connectivity index (χ1) is 13.5. The number of benzene rings is 2. The highest BCUT2D eigenvalue weighted by molar-refractivity contribution is 5.93. The molecule has 3 rings (SSSR count). The molecule has 0 unspecified atom stereocenters. The van der Waals surface area contributed by atoms with Crippen molar-refractivity contribution >= 4 is 11.9 Å². The molecule has 0 heterocycles. The molecule has 2 N–H and O–H groups in total. The number of carbonyl (C=O) groups excluding carboxylic acids is 1. The van der Waals surface area contributed by atoms with Crippen molar-refractivity contribution in [3.8, 4) is 0 Å². The maximum absolute atomic E-state index is 12.0. The predicted octanol–water partition coefficient (Wildman–Crippen LogP) is 3.18. The predicted molar refractivity (Wildman–Crippen MR) is 115 cm³/mol. The van der Waals surface area contributed by atoms with Crippen molar-refractivity contribution in [2.75, 3.05) is 27.7 Å². The average Bonchev–Trinajstić information content (AvgIpc) is 2.70. The fraction of sp³-hybridized carbons (Fsp3) is 0.391. The summed E-state index contributed by atoms with van der Waals surface area (Å²) in [6.45, 7) is 1.54. The first kappa shape index (κ1) is 19.9. The Morgan fingerprint density at radius 3 is 2.25 bits per heavy atom. The molecular weight excluding hydrogens is 348 g/mol. The molecule has 0 spiro atoms. The zero-order valence-corrected chi connectivity index (χ0v) is 17.0. The monoisotopic (exact) mass is 378 g/mol. The van der Waals surface area contributed by atoms with Crippen LogP contribution in [0.1, 0.15) is 40.7 Å². The zero-order chi connectivity index (χ0) is 20.0. The summed E-state index contributed by atoms with van der Waals surface area (Å²) in [6, 6.07) is 18.5. The number of nitrogens with one attached hydrogen (secondary N) is 2. The summed E-state index contributed by atoms with van der Waals surface area (Å²) in [4.78, 5) is 17.9. The molecule has 1 amide bonds. The van der Waals surface area contributed by atoms with Crippen molar-refractivity contribution in [1.29, 1.82) is 0 Å². The van der Waals surface area contributed by atoms with Crippen LogP contribution in [0.5, 0.6) is 0 Å². The molecule has 5 heteroatoms. The minimum absolute atomic E-state index is 0.0173. The Morgan fingerprint density at radius 2 is 1.71 bits per heavy atom. The Balaban J connectivity index is 1.54. The van der Waals surface area contributed by atoms with Crippen LogP contribution in [0.4, 0.5) is 0 Å². The molecule has 1 aliphatic rings. The molecule has 1 fully saturated rings. The van der Waals surface area contributed by atoms with E-state index < -0.39 is 0 Å². The molecule has 148 valence electrons. The van der Waals surface area contributed by atoms with Crippen LogP contribution in [0.15, 0.2) is 59.6 Å². The molecule has 2 aromatic carbocycles. The highest BCUT2D eigenvalue weighted by Gasteiger charge is 2.38. The van der Waals surface area contributed by atoms with Crippen molar-refractivity contribution in [3.63, 3.8) is 0 Å². The largest absolute Gasteiger partial charge is 0.356 e. The topological polar surface area (TPSA) is 56.7 Å². The highest BCUT2D eigenvalue weighted by atomic mass is 16.2. The van der Waals surface area contributed by atoms with Crippen molar-refractivity contribution in [3.05, 3.63) is 71.3 Å². The van der Waals surface area contributed by atoms with Gasteiger partial charge in [-0.1, -0.05) is 48.9 Å². The number of hydrogen-bond donors (Lipinski definition) is 2. The lowest BCUT2D eigenvalue weighted by Crippen LogP contribution is -2.48. The fourth-order valence-corrected chi connectivity index (χ4v) is 3.65. The second-order valence-electron chi connectivity index (χ2n) is 7.68. The Labute approximate surface area is 167 Å². The number of guanidine groups is 1. The molecule has 5 nitrogen and oxygen atoms in total. The SMILES string of the molecule is CN=C(NCc1ccc(C(=O)N(C)C)cc1)NCC1(c2ccccc2)CCC1. The average molecular weight is 379 g/mol. The van der Waals surface area contributed by atoms with Gasteiger partial charge in [-0.15, -0.1) is 0 Å². The van der Waals surface area contributed by atoms with E-state index in [2.05, 4.69) is 46.0 Å². The van der Waals surface area contributed by atoms with Gasteiger partial charge in [-0.3, -0.25) is 9.79 Å². The van der Waals surface area contributed by atoms with Gasteiger partial charge in [0.15, 0.2) is 5.96 Å². The van der Waals surface area contributed by atoms with E-state index >= 15 is 0 Å². The van der Waals surface area contributed by atoms with Gasteiger partial charge in [0.1, 0.15) is 0 Å². The van der Waals surface area contributed by atoms with Gasteiger partial charge in [0.25, 0.3) is 5.91 Å². The van der Waals surface area contributed by atoms with Gasteiger partial charge in [0.05, 0.1) is 0 Å². The number of rotatable bonds is 6. The lowest BCUT2D eigenvalue weighted by molar-refractivity contribution is 0.0827. The van der Waals surface area contributed by atoms with E-state index in [0.717, 1.165) is 18.1 Å². The molecule has 0 atom stereocenters. The second-order valence-corrected chi connectivity index (χ2v) is 7.68. The van der Waals surface area contributed by atoms with Gasteiger partial charge in [0, 0.05) is 45.2 Å². The number of nitrogens with zero attached hydrogens (tertiary/aromatic N) is 2. The summed E-state index contributed by atoms with van der Waals surface area (Å²) in [5.41, 5.74) is 3.43. The molecule has 1 aliphatic carbocycles. The van der Waals surface area contributed by atoms with Crippen LogP contribution in [0.3, 0.4) is 0 Å². The van der Waals surface area contributed by atoms with Gasteiger partial charge in [-0.2, -0.15) is 0 Å². The Bertz CT molecular complexity index is 808. The Morgan fingerprint density at radius 1 is 1.04 bits per heavy atom. The van der Waals surface area contributed by atoms with Crippen molar-refractivity contribution in [2.45, 2.75) is 31.2 Å². The third kappa shape index (κ3) is 4.53. The number of hydrogen-bond acceptors (Lipinski definition) is 2. The summed E-state index contributed by atoms with van der Waals surface area (Å²) in [5, 5.41) is 6.88. The Kier molecular flexibility index (Phi) is 6.34. The lowest BCUT2D eigenvalue weighted by Gasteiger charge is -2.43. The van der Waals surface area contributed by atoms with Crippen LogP contribution < -0.4 is 10.6 Å². The number of aliphatic imine (C=N–C) groups is 1. The molecule has 28 heavy (non-hydrogen) atoms. The van der Waals surface area contributed by atoms with Gasteiger partial charge in [0.2, 0.25) is 0 Å². The van der Waals surface area contributed by atoms with Crippen molar-refractivity contribution in [2.24, 2.45) is 4.99 Å². The maximum Gasteiger partial charge on any atom is 0.253 e. The van der Waals surface area contributed by atoms with Gasteiger partial charge >= 0.3 is 0 Å². The molecule has 0 aromatic heterocycles. The van der Waals surface area contributed by atoms with Gasteiger partial charge in [-0.25, -0.2) is 0 Å². The summed E-state index contributed by atoms with van der Waals surface area (Å²) >= 11 is 0. The molecule has 2 aromatic rings. The summed E-state index contributed by atoms with van der Waals surface area (Å²) in [5.74, 6) is 0.819. The molecule has 1 saturated carbocycles. The second kappa shape index (κ2) is 8.91. The highest BCUT2D eigenvalue weighted by Crippen LogP contribution is 2.43. The quantitative estimate of drug-likeness (QED) is 0.600. The first-order valence-corrected chi connectivity index (χ1v) is 9.85. The molecular formula is C23H30N4O. The smallest absolute Gasteiger partial charge is 0.253 e. The minimum Gasteiger partial charge on any atom is -0.356 e. The summed E-state index contributed by atoms with van der Waals surface area (Å²) < 4.78 is 0. The normalized spacial score (nSPS) is 15.5. The van der Waals surface area contributed by atoms with Gasteiger partial charge in [-0.05, 0) is 36.1 Å². The molecule has 0 radical (unpaired) electrons. The van der Waals surface area contributed by atoms with Crippen LogP contribution in [0.2, 0.25) is 0 Å². The zero-order valence-electron chi connectivity index (χ0n) is 17.0. The van der Waals surface area contributed by atoms with Crippen LogP contribution in [-0.4, -0.2) is 44.5 Å². The maximum atomic E-state index is 12.0. The lowest BCUT2D eigenvalue weighted by atomic mass is 9.64. The number of carbonyl (C=O) groups is 1. The summed E-state index contributed by atoms with van der Waals surface area (Å²) in [6.07, 6.45) is 3.70. The van der Waals surface area contributed by atoms with E-state index in [-0.39, 0.29) is 11.3 Å². The third-order valence-corrected chi connectivity index (χ3v) is 5.58. The standard InChI is InChI=1S/C23H30N4O/c1-24-22(25-16-18-10-12-19(13-11-18)21(28)27(2)3)26-17-23(14-7-15-23)20-8-5-4-6-9-20/h4-6,8-13H,7,14-17H2,1-3H3,(H2,24,25,26). The Hall–Kier alpha value is -2.82. The minimum atomic E-state index is 0.0173. The van der Waals surface area contributed by atoms with Crippen LogP contribution >= 0.6 is 0 Å². The van der Waals surface area contributed by atoms with E-state index in [1.165, 1.54) is 24.8 Å². The molecule has 0 bridgehead atoms. The van der Waals surface area contributed by atoms with E-state index in [1.54, 1.807) is 26.0 Å². The van der Waals surface area contributed by atoms with Crippen molar-refractivity contribution in [1.82, 2.24) is 15.5 Å². The van der Waals surface area contributed by atoms with Crippen LogP contribution in [0.25, 0.3) is 0 Å². The summed E-state index contributed by atoms with van der Waals surface area (Å²) in [7, 11) is 5.32. The fourth-order valence-electron chi connectivity index (χ4n) is 3.65. The number of amides is 1.